The number of benzene rings is 1. The van der Waals surface area contributed by atoms with Gasteiger partial charge in [-0.25, -0.2) is 0 Å². The zero-order valence-corrected chi connectivity index (χ0v) is 11.7. The van der Waals surface area contributed by atoms with Crippen LogP contribution in [0.25, 0.3) is 0 Å². The van der Waals surface area contributed by atoms with Crippen molar-refractivity contribution >= 4 is 23.0 Å². The van der Waals surface area contributed by atoms with E-state index in [-0.39, 0.29) is 10.7 Å². The highest BCUT2D eigenvalue weighted by Crippen LogP contribution is 2.28. The van der Waals surface area contributed by atoms with Gasteiger partial charge in [0, 0.05) is 17.8 Å². The van der Waals surface area contributed by atoms with Gasteiger partial charge in [-0.2, -0.15) is 0 Å². The lowest BCUT2D eigenvalue weighted by Crippen LogP contribution is -2.22. The molecule has 0 aliphatic carbocycles. The van der Waals surface area contributed by atoms with Crippen molar-refractivity contribution in [2.24, 2.45) is 0 Å². The van der Waals surface area contributed by atoms with Crippen LogP contribution in [0.4, 0.5) is 11.4 Å². The molecule has 19 heavy (non-hydrogen) atoms. The smallest absolute Gasteiger partial charge is 0.288 e. The van der Waals surface area contributed by atoms with Gasteiger partial charge in [0.2, 0.25) is 0 Å². The fourth-order valence-corrected chi connectivity index (χ4v) is 2.61. The molecule has 0 aromatic heterocycles. The Balaban J connectivity index is 2.03. The normalized spacial score (nSPS) is 20.8. The van der Waals surface area contributed by atoms with Crippen LogP contribution in [0.5, 0.6) is 0 Å². The number of halogens is 1. The Kier molecular flexibility index (Phi) is 4.61. The van der Waals surface area contributed by atoms with Crippen LogP contribution in [0.3, 0.4) is 0 Å². The van der Waals surface area contributed by atoms with Crippen LogP contribution in [0.2, 0.25) is 5.02 Å². The van der Waals surface area contributed by atoms with Crippen molar-refractivity contribution in [3.63, 3.8) is 0 Å². The molecule has 1 N–H and O–H groups in total. The SMILES string of the molecule is CN1CCCC(Nc2ccc([N+](=O)[O-])c(Cl)c2)CC1. The van der Waals surface area contributed by atoms with Gasteiger partial charge in [-0.3, -0.25) is 10.1 Å². The predicted octanol–water partition coefficient (Wildman–Crippen LogP) is 3.14. The number of hydrogen-bond acceptors (Lipinski definition) is 4. The average molecular weight is 284 g/mol. The van der Waals surface area contributed by atoms with Crippen molar-refractivity contribution in [1.82, 2.24) is 4.90 Å². The van der Waals surface area contributed by atoms with E-state index in [2.05, 4.69) is 17.3 Å². The molecule has 6 heteroatoms. The van der Waals surface area contributed by atoms with Gasteiger partial charge < -0.3 is 10.2 Å². The highest BCUT2D eigenvalue weighted by Gasteiger charge is 2.16. The number of likely N-dealkylation sites (tertiary alicyclic amines) is 1. The Morgan fingerprint density at radius 3 is 2.89 bits per heavy atom. The van der Waals surface area contributed by atoms with Crippen LogP contribution in [0, 0.1) is 10.1 Å². The Hall–Kier alpha value is -1.33. The highest BCUT2D eigenvalue weighted by atomic mass is 35.5. The molecule has 0 saturated carbocycles. The van der Waals surface area contributed by atoms with E-state index in [9.17, 15) is 10.1 Å². The van der Waals surface area contributed by atoms with Gasteiger partial charge in [0.15, 0.2) is 0 Å². The second-order valence-electron chi connectivity index (χ2n) is 5.00. The fourth-order valence-electron chi connectivity index (χ4n) is 2.36. The number of nitrogens with one attached hydrogen (secondary N) is 1. The summed E-state index contributed by atoms with van der Waals surface area (Å²) in [5, 5.41) is 14.3. The Bertz CT molecular complexity index is 467. The first-order valence-electron chi connectivity index (χ1n) is 6.45. The molecule has 1 aromatic rings. The van der Waals surface area contributed by atoms with E-state index in [1.54, 1.807) is 12.1 Å². The van der Waals surface area contributed by atoms with Crippen molar-refractivity contribution in [2.75, 3.05) is 25.5 Å². The number of nitro benzene ring substituents is 1. The monoisotopic (exact) mass is 283 g/mol. The standard InChI is InChI=1S/C13H18ClN3O2/c1-16-7-2-3-10(6-8-16)15-11-4-5-13(17(18)19)12(14)9-11/h4-5,9-10,15H,2-3,6-8H2,1H3. The topological polar surface area (TPSA) is 58.4 Å². The van der Waals surface area contributed by atoms with Gasteiger partial charge in [0.05, 0.1) is 4.92 Å². The predicted molar refractivity (Wildman–Crippen MR) is 76.9 cm³/mol. The Morgan fingerprint density at radius 2 is 2.21 bits per heavy atom. The van der Waals surface area contributed by atoms with E-state index >= 15 is 0 Å². The molecule has 0 bridgehead atoms. The third-order valence-corrected chi connectivity index (χ3v) is 3.77. The summed E-state index contributed by atoms with van der Waals surface area (Å²) in [4.78, 5) is 12.6. The Morgan fingerprint density at radius 1 is 1.42 bits per heavy atom. The van der Waals surface area contributed by atoms with Crippen molar-refractivity contribution in [1.29, 1.82) is 0 Å². The zero-order chi connectivity index (χ0) is 13.8. The van der Waals surface area contributed by atoms with Crippen LogP contribution < -0.4 is 5.32 Å². The molecular weight excluding hydrogens is 266 g/mol. The van der Waals surface area contributed by atoms with Crippen molar-refractivity contribution in [3.8, 4) is 0 Å². The summed E-state index contributed by atoms with van der Waals surface area (Å²) < 4.78 is 0. The van der Waals surface area contributed by atoms with Gasteiger partial charge in [-0.05, 0) is 51.5 Å². The van der Waals surface area contributed by atoms with Crippen LogP contribution >= 0.6 is 11.6 Å². The minimum absolute atomic E-state index is 0.0483. The molecule has 1 saturated heterocycles. The van der Waals surface area contributed by atoms with E-state index in [4.69, 9.17) is 11.6 Å². The maximum absolute atomic E-state index is 10.7. The minimum Gasteiger partial charge on any atom is -0.382 e. The van der Waals surface area contributed by atoms with Gasteiger partial charge in [-0.1, -0.05) is 11.6 Å². The Labute approximate surface area is 117 Å². The number of nitrogens with zero attached hydrogens (tertiary/aromatic N) is 2. The minimum atomic E-state index is -0.466. The molecule has 1 aliphatic heterocycles. The summed E-state index contributed by atoms with van der Waals surface area (Å²) in [7, 11) is 2.13. The number of hydrogen-bond donors (Lipinski definition) is 1. The number of nitro groups is 1. The molecular formula is C13H18ClN3O2. The zero-order valence-electron chi connectivity index (χ0n) is 10.9. The van der Waals surface area contributed by atoms with Gasteiger partial charge in [0.1, 0.15) is 5.02 Å². The average Bonchev–Trinajstić information content (AvgIpc) is 2.54. The van der Waals surface area contributed by atoms with Crippen molar-refractivity contribution < 1.29 is 4.92 Å². The molecule has 1 fully saturated rings. The van der Waals surface area contributed by atoms with Crippen molar-refractivity contribution in [2.45, 2.75) is 25.3 Å². The third-order valence-electron chi connectivity index (χ3n) is 3.47. The summed E-state index contributed by atoms with van der Waals surface area (Å²) >= 11 is 5.91. The summed E-state index contributed by atoms with van der Waals surface area (Å²) in [6.45, 7) is 2.19. The van der Waals surface area contributed by atoms with Gasteiger partial charge in [0.25, 0.3) is 5.69 Å². The summed E-state index contributed by atoms with van der Waals surface area (Å²) in [6.07, 6.45) is 3.35. The van der Waals surface area contributed by atoms with Gasteiger partial charge >= 0.3 is 0 Å². The maximum Gasteiger partial charge on any atom is 0.288 e. The third kappa shape index (κ3) is 3.81. The molecule has 5 nitrogen and oxygen atoms in total. The molecule has 1 unspecified atom stereocenters. The summed E-state index contributed by atoms with van der Waals surface area (Å²) in [5.74, 6) is 0. The van der Waals surface area contributed by atoms with Crippen LogP contribution in [0.1, 0.15) is 19.3 Å². The lowest BCUT2D eigenvalue weighted by atomic mass is 10.1. The van der Waals surface area contributed by atoms with E-state index < -0.39 is 4.92 Å². The largest absolute Gasteiger partial charge is 0.382 e. The first-order chi connectivity index (χ1) is 9.06. The second kappa shape index (κ2) is 6.21. The number of rotatable bonds is 3. The molecule has 1 aromatic carbocycles. The quantitative estimate of drug-likeness (QED) is 0.684. The molecule has 1 heterocycles. The molecule has 0 spiro atoms. The van der Waals surface area contributed by atoms with E-state index in [1.807, 2.05) is 0 Å². The molecule has 0 radical (unpaired) electrons. The van der Waals surface area contributed by atoms with E-state index in [1.165, 1.54) is 6.07 Å². The fraction of sp³-hybridized carbons (Fsp3) is 0.538. The first-order valence-corrected chi connectivity index (χ1v) is 6.83. The van der Waals surface area contributed by atoms with Crippen LogP contribution in [0.15, 0.2) is 18.2 Å². The molecule has 2 rings (SSSR count). The first kappa shape index (κ1) is 14.1. The van der Waals surface area contributed by atoms with Crippen molar-refractivity contribution in [3.05, 3.63) is 33.3 Å². The van der Waals surface area contributed by atoms with Crippen LogP contribution in [-0.4, -0.2) is 36.0 Å². The number of anilines is 1. The van der Waals surface area contributed by atoms with E-state index in [0.717, 1.165) is 38.0 Å². The maximum atomic E-state index is 10.7. The molecule has 0 amide bonds. The lowest BCUT2D eigenvalue weighted by Gasteiger charge is -2.18. The van der Waals surface area contributed by atoms with Crippen LogP contribution in [-0.2, 0) is 0 Å². The highest BCUT2D eigenvalue weighted by molar-refractivity contribution is 6.32. The molecule has 1 aliphatic rings. The summed E-state index contributed by atoms with van der Waals surface area (Å²) in [6, 6.07) is 5.21. The van der Waals surface area contributed by atoms with E-state index in [0.29, 0.717) is 6.04 Å². The summed E-state index contributed by atoms with van der Waals surface area (Å²) in [5.41, 5.74) is 0.804. The molecule has 104 valence electrons. The lowest BCUT2D eigenvalue weighted by molar-refractivity contribution is -0.384. The second-order valence-corrected chi connectivity index (χ2v) is 5.41. The molecule has 1 atom stereocenters. The van der Waals surface area contributed by atoms with Gasteiger partial charge in [-0.15, -0.1) is 0 Å².